The van der Waals surface area contributed by atoms with Crippen molar-refractivity contribution in [2.45, 2.75) is 45.1 Å². The van der Waals surface area contributed by atoms with Gasteiger partial charge in [-0.15, -0.1) is 0 Å². The summed E-state index contributed by atoms with van der Waals surface area (Å²) in [5.74, 6) is 0.738. The molecule has 2 atom stereocenters. The topological polar surface area (TPSA) is 46.6 Å². The predicted molar refractivity (Wildman–Crippen MR) is 84.0 cm³/mol. The van der Waals surface area contributed by atoms with Crippen LogP contribution in [0.25, 0.3) is 0 Å². The monoisotopic (exact) mass is 301 g/mol. The van der Waals surface area contributed by atoms with E-state index >= 15 is 0 Å². The molecule has 2 unspecified atom stereocenters. The number of rotatable bonds is 3. The fourth-order valence-electron chi connectivity index (χ4n) is 3.41. The van der Waals surface area contributed by atoms with Gasteiger partial charge in [-0.25, -0.2) is 0 Å². The average Bonchev–Trinajstić information content (AvgIpc) is 2.55. The molecule has 0 spiro atoms. The van der Waals surface area contributed by atoms with Crippen molar-refractivity contribution in [1.82, 2.24) is 4.90 Å². The van der Waals surface area contributed by atoms with Gasteiger partial charge in [0.15, 0.2) is 5.78 Å². The molecule has 0 saturated carbocycles. The van der Waals surface area contributed by atoms with Gasteiger partial charge in [0.1, 0.15) is 11.9 Å². The van der Waals surface area contributed by atoms with Gasteiger partial charge in [-0.05, 0) is 44.7 Å². The molecule has 4 nitrogen and oxygen atoms in total. The quantitative estimate of drug-likeness (QED) is 0.862. The van der Waals surface area contributed by atoms with Crippen molar-refractivity contribution in [2.24, 2.45) is 5.92 Å². The molecule has 0 bridgehead atoms. The molecule has 1 aromatic rings. The highest BCUT2D eigenvalue weighted by atomic mass is 16.5. The number of ketones is 1. The number of fused-ring (bicyclic) bond motifs is 1. The second-order valence-electron chi connectivity index (χ2n) is 6.27. The van der Waals surface area contributed by atoms with E-state index < -0.39 is 0 Å². The SMILES string of the molecule is CC1Oc2ccccc2C(=O)C1CCC(=O)N1CCCCC1. The van der Waals surface area contributed by atoms with Crippen molar-refractivity contribution in [1.29, 1.82) is 0 Å². The van der Waals surface area contributed by atoms with E-state index in [1.54, 1.807) is 0 Å². The van der Waals surface area contributed by atoms with Crippen LogP contribution in [0.4, 0.5) is 0 Å². The summed E-state index contributed by atoms with van der Waals surface area (Å²) in [6, 6.07) is 7.37. The lowest BCUT2D eigenvalue weighted by Crippen LogP contribution is -2.39. The lowest BCUT2D eigenvalue weighted by atomic mass is 9.86. The fraction of sp³-hybridized carbons (Fsp3) is 0.556. The first-order valence-electron chi connectivity index (χ1n) is 8.24. The Kier molecular flexibility index (Phi) is 4.46. The number of carbonyl (C=O) groups excluding carboxylic acids is 2. The molecule has 4 heteroatoms. The normalized spacial score (nSPS) is 24.6. The summed E-state index contributed by atoms with van der Waals surface area (Å²) in [6.45, 7) is 3.66. The van der Waals surface area contributed by atoms with Crippen LogP contribution in [0.3, 0.4) is 0 Å². The Morgan fingerprint density at radius 2 is 1.95 bits per heavy atom. The zero-order valence-corrected chi connectivity index (χ0v) is 13.1. The molecule has 0 radical (unpaired) electrons. The van der Waals surface area contributed by atoms with E-state index in [0.717, 1.165) is 25.9 Å². The van der Waals surface area contributed by atoms with E-state index in [2.05, 4.69) is 0 Å². The van der Waals surface area contributed by atoms with Crippen LogP contribution in [0.5, 0.6) is 5.75 Å². The van der Waals surface area contributed by atoms with E-state index in [9.17, 15) is 9.59 Å². The second-order valence-corrected chi connectivity index (χ2v) is 6.27. The first-order valence-corrected chi connectivity index (χ1v) is 8.24. The Balaban J connectivity index is 1.63. The number of ether oxygens (including phenoxy) is 1. The third-order valence-corrected chi connectivity index (χ3v) is 4.75. The molecule has 1 amide bonds. The van der Waals surface area contributed by atoms with E-state index in [1.807, 2.05) is 36.1 Å². The van der Waals surface area contributed by atoms with Crippen LogP contribution in [0.15, 0.2) is 24.3 Å². The largest absolute Gasteiger partial charge is 0.489 e. The van der Waals surface area contributed by atoms with Crippen LogP contribution >= 0.6 is 0 Å². The van der Waals surface area contributed by atoms with Gasteiger partial charge in [-0.3, -0.25) is 9.59 Å². The van der Waals surface area contributed by atoms with Crippen LogP contribution in [-0.2, 0) is 4.79 Å². The van der Waals surface area contributed by atoms with Crippen molar-refractivity contribution in [3.05, 3.63) is 29.8 Å². The van der Waals surface area contributed by atoms with Gasteiger partial charge in [-0.1, -0.05) is 12.1 Å². The van der Waals surface area contributed by atoms with Gasteiger partial charge >= 0.3 is 0 Å². The van der Waals surface area contributed by atoms with Gasteiger partial charge in [-0.2, -0.15) is 0 Å². The Labute approximate surface area is 131 Å². The van der Waals surface area contributed by atoms with Gasteiger partial charge < -0.3 is 9.64 Å². The first kappa shape index (κ1) is 15.1. The number of likely N-dealkylation sites (tertiary alicyclic amines) is 1. The van der Waals surface area contributed by atoms with Crippen molar-refractivity contribution < 1.29 is 14.3 Å². The zero-order valence-electron chi connectivity index (χ0n) is 13.1. The summed E-state index contributed by atoms with van der Waals surface area (Å²) in [5.41, 5.74) is 0.649. The summed E-state index contributed by atoms with van der Waals surface area (Å²) in [4.78, 5) is 26.8. The fourth-order valence-corrected chi connectivity index (χ4v) is 3.41. The molecule has 118 valence electrons. The number of benzene rings is 1. The lowest BCUT2D eigenvalue weighted by molar-refractivity contribution is -0.132. The highest BCUT2D eigenvalue weighted by Gasteiger charge is 2.34. The van der Waals surface area contributed by atoms with Crippen molar-refractivity contribution in [2.75, 3.05) is 13.1 Å². The number of Topliss-reactive ketones (excluding diaryl/α,β-unsaturated/α-hetero) is 1. The van der Waals surface area contributed by atoms with Crippen molar-refractivity contribution in [3.8, 4) is 5.75 Å². The molecule has 2 aliphatic heterocycles. The third kappa shape index (κ3) is 3.01. The Bertz CT molecular complexity index is 563. The highest BCUT2D eigenvalue weighted by Crippen LogP contribution is 2.32. The molecule has 0 aliphatic carbocycles. The predicted octanol–water partition coefficient (Wildman–Crippen LogP) is 3.06. The Morgan fingerprint density at radius 1 is 1.23 bits per heavy atom. The Hall–Kier alpha value is -1.84. The van der Waals surface area contributed by atoms with Crippen LogP contribution in [0.2, 0.25) is 0 Å². The van der Waals surface area contributed by atoms with Crippen molar-refractivity contribution in [3.63, 3.8) is 0 Å². The molecular formula is C18H23NO3. The maximum absolute atomic E-state index is 12.6. The second kappa shape index (κ2) is 6.51. The summed E-state index contributed by atoms with van der Waals surface area (Å²) in [6.07, 6.45) is 4.25. The van der Waals surface area contributed by atoms with Gasteiger partial charge in [0.2, 0.25) is 5.91 Å². The van der Waals surface area contributed by atoms with E-state index in [-0.39, 0.29) is 23.7 Å². The summed E-state index contributed by atoms with van der Waals surface area (Å²) >= 11 is 0. The lowest BCUT2D eigenvalue weighted by Gasteiger charge is -2.31. The number of amides is 1. The maximum atomic E-state index is 12.6. The van der Waals surface area contributed by atoms with Gasteiger partial charge in [0.05, 0.1) is 11.5 Å². The van der Waals surface area contributed by atoms with Crippen molar-refractivity contribution >= 4 is 11.7 Å². The van der Waals surface area contributed by atoms with Crippen LogP contribution < -0.4 is 4.74 Å². The number of hydrogen-bond acceptors (Lipinski definition) is 3. The molecule has 2 aliphatic rings. The molecule has 2 heterocycles. The molecule has 1 saturated heterocycles. The summed E-state index contributed by atoms with van der Waals surface area (Å²) < 4.78 is 5.85. The van der Waals surface area contributed by atoms with E-state index in [4.69, 9.17) is 4.74 Å². The molecular weight excluding hydrogens is 278 g/mol. The molecule has 3 rings (SSSR count). The summed E-state index contributed by atoms with van der Waals surface area (Å²) in [7, 11) is 0. The molecule has 0 aromatic heterocycles. The van der Waals surface area contributed by atoms with Crippen LogP contribution in [0, 0.1) is 5.92 Å². The highest BCUT2D eigenvalue weighted by molar-refractivity contribution is 6.01. The number of hydrogen-bond donors (Lipinski definition) is 0. The number of piperidine rings is 1. The molecule has 0 N–H and O–H groups in total. The minimum absolute atomic E-state index is 0.112. The third-order valence-electron chi connectivity index (χ3n) is 4.75. The first-order chi connectivity index (χ1) is 10.7. The van der Waals surface area contributed by atoms with Gasteiger partial charge in [0.25, 0.3) is 0 Å². The molecule has 22 heavy (non-hydrogen) atoms. The maximum Gasteiger partial charge on any atom is 0.222 e. The van der Waals surface area contributed by atoms with E-state index in [1.165, 1.54) is 6.42 Å². The molecule has 1 fully saturated rings. The Morgan fingerprint density at radius 3 is 2.73 bits per heavy atom. The van der Waals surface area contributed by atoms with E-state index in [0.29, 0.717) is 24.2 Å². The number of para-hydroxylation sites is 1. The van der Waals surface area contributed by atoms with Crippen LogP contribution in [-0.4, -0.2) is 35.8 Å². The number of nitrogens with zero attached hydrogens (tertiary/aromatic N) is 1. The standard InChI is InChI=1S/C18H23NO3/c1-13-14(9-10-17(20)19-11-5-2-6-12-19)18(21)15-7-3-4-8-16(15)22-13/h3-4,7-8,13-14H,2,5-6,9-12H2,1H3. The van der Waals surface area contributed by atoms with Crippen LogP contribution in [0.1, 0.15) is 49.4 Å². The zero-order chi connectivity index (χ0) is 15.5. The number of carbonyl (C=O) groups is 2. The summed E-state index contributed by atoms with van der Waals surface area (Å²) in [5, 5.41) is 0. The van der Waals surface area contributed by atoms with Gasteiger partial charge in [0, 0.05) is 19.5 Å². The smallest absolute Gasteiger partial charge is 0.222 e. The average molecular weight is 301 g/mol. The molecule has 1 aromatic carbocycles. The minimum atomic E-state index is -0.219. The minimum Gasteiger partial charge on any atom is -0.489 e.